The average Bonchev–Trinajstić information content (AvgIpc) is 3.31. The molecule has 12 heteroatoms. The second kappa shape index (κ2) is 9.65. The third-order valence-corrected chi connectivity index (χ3v) is 5.22. The van der Waals surface area contributed by atoms with Gasteiger partial charge < -0.3 is 4.74 Å². The summed E-state index contributed by atoms with van der Waals surface area (Å²) in [6.07, 6.45) is 2.61. The molecule has 0 radical (unpaired) electrons. The summed E-state index contributed by atoms with van der Waals surface area (Å²) < 4.78 is 5.06. The Labute approximate surface area is 204 Å². The molecule has 0 spiro atoms. The molecule has 0 aromatic heterocycles. The number of nitro benzene ring substituents is 1. The summed E-state index contributed by atoms with van der Waals surface area (Å²) in [6, 6.07) is 14.1. The fourth-order valence-electron chi connectivity index (χ4n) is 3.34. The molecular formula is C23H17N5O6S. The number of ether oxygens (including phenoxy) is 1. The van der Waals surface area contributed by atoms with Crippen LogP contribution >= 0.6 is 12.2 Å². The summed E-state index contributed by atoms with van der Waals surface area (Å²) in [7, 11) is 0. The SMILES string of the molecule is CCOC(=O)C1=NN(c2ccccc2)C(=O)C1=CN1C(=S)NC(=O)C1=Cc1cccc([N+](=O)[O-])c1. The molecule has 0 saturated carbocycles. The van der Waals surface area contributed by atoms with E-state index in [4.69, 9.17) is 17.0 Å². The standard InChI is InChI=1S/C23H17N5O6S/c1-2-34-22(31)19-17(21(30)27(25-19)15-8-4-3-5-9-15)13-26-18(20(29)24-23(26)35)12-14-7-6-10-16(11-14)28(32)33/h3-13H,2H2,1H3,(H,24,29,35). The van der Waals surface area contributed by atoms with Gasteiger partial charge in [0.05, 0.1) is 22.8 Å². The van der Waals surface area contributed by atoms with Gasteiger partial charge in [-0.15, -0.1) is 0 Å². The van der Waals surface area contributed by atoms with Crippen molar-refractivity contribution < 1.29 is 24.0 Å². The minimum atomic E-state index is -0.820. The molecule has 176 valence electrons. The van der Waals surface area contributed by atoms with Crippen molar-refractivity contribution in [2.45, 2.75) is 6.92 Å². The quantitative estimate of drug-likeness (QED) is 0.214. The number of anilines is 1. The molecule has 2 aromatic carbocycles. The van der Waals surface area contributed by atoms with E-state index in [9.17, 15) is 24.5 Å². The Bertz CT molecular complexity index is 1350. The summed E-state index contributed by atoms with van der Waals surface area (Å²) in [6.45, 7) is 1.68. The van der Waals surface area contributed by atoms with Crippen LogP contribution in [0.3, 0.4) is 0 Å². The lowest BCUT2D eigenvalue weighted by Gasteiger charge is -2.14. The number of thiocarbonyl (C=S) groups is 1. The molecule has 11 nitrogen and oxygen atoms in total. The lowest BCUT2D eigenvalue weighted by atomic mass is 10.1. The van der Waals surface area contributed by atoms with E-state index in [-0.39, 0.29) is 34.4 Å². The lowest BCUT2D eigenvalue weighted by molar-refractivity contribution is -0.384. The number of carbonyl (C=O) groups excluding carboxylic acids is 3. The van der Waals surface area contributed by atoms with Gasteiger partial charge in [0.25, 0.3) is 17.5 Å². The maximum atomic E-state index is 13.3. The van der Waals surface area contributed by atoms with Crippen molar-refractivity contribution >= 4 is 58.3 Å². The van der Waals surface area contributed by atoms with E-state index in [1.807, 2.05) is 0 Å². The largest absolute Gasteiger partial charge is 0.461 e. The van der Waals surface area contributed by atoms with Gasteiger partial charge in [-0.2, -0.15) is 10.1 Å². The van der Waals surface area contributed by atoms with Crippen LogP contribution in [0.25, 0.3) is 6.08 Å². The van der Waals surface area contributed by atoms with Crippen LogP contribution in [0.1, 0.15) is 12.5 Å². The maximum absolute atomic E-state index is 13.3. The van der Waals surface area contributed by atoms with Crippen LogP contribution in [0.15, 0.2) is 77.2 Å². The number of nitrogens with one attached hydrogen (secondary N) is 1. The molecule has 0 unspecified atom stereocenters. The second-order valence-electron chi connectivity index (χ2n) is 7.18. The zero-order chi connectivity index (χ0) is 25.1. The van der Waals surface area contributed by atoms with Gasteiger partial charge in [-0.25, -0.2) is 4.79 Å². The van der Waals surface area contributed by atoms with E-state index in [1.54, 1.807) is 43.3 Å². The Hall–Kier alpha value is -4.71. The third-order valence-electron chi connectivity index (χ3n) is 4.92. The molecular weight excluding hydrogens is 474 g/mol. The first-order valence-electron chi connectivity index (χ1n) is 10.3. The van der Waals surface area contributed by atoms with Crippen molar-refractivity contribution in [2.24, 2.45) is 5.10 Å². The summed E-state index contributed by atoms with van der Waals surface area (Å²) in [4.78, 5) is 50.2. The Morgan fingerprint density at radius 1 is 1.20 bits per heavy atom. The molecule has 2 amide bonds. The van der Waals surface area contributed by atoms with Gasteiger partial charge in [0.2, 0.25) is 0 Å². The average molecular weight is 491 g/mol. The van der Waals surface area contributed by atoms with Crippen molar-refractivity contribution in [3.05, 3.63) is 87.7 Å². The smallest absolute Gasteiger partial charge is 0.359 e. The zero-order valence-electron chi connectivity index (χ0n) is 18.2. The first-order chi connectivity index (χ1) is 16.8. The van der Waals surface area contributed by atoms with Gasteiger partial charge in [0.15, 0.2) is 10.8 Å². The number of non-ortho nitro benzene ring substituents is 1. The van der Waals surface area contributed by atoms with Crippen LogP contribution in [0.2, 0.25) is 0 Å². The summed E-state index contributed by atoms with van der Waals surface area (Å²) in [5, 5.41) is 18.7. The van der Waals surface area contributed by atoms with Gasteiger partial charge in [-0.05, 0) is 42.9 Å². The van der Waals surface area contributed by atoms with E-state index in [0.717, 1.165) is 5.01 Å². The van der Waals surface area contributed by atoms with Crippen LogP contribution in [-0.2, 0) is 19.1 Å². The Morgan fingerprint density at radius 3 is 2.63 bits per heavy atom. The minimum Gasteiger partial charge on any atom is -0.461 e. The van der Waals surface area contributed by atoms with Crippen LogP contribution in [-0.4, -0.2) is 45.0 Å². The highest BCUT2D eigenvalue weighted by atomic mass is 32.1. The molecule has 0 bridgehead atoms. The normalized spacial score (nSPS) is 17.7. The van der Waals surface area contributed by atoms with Gasteiger partial charge in [-0.3, -0.25) is 29.9 Å². The Morgan fingerprint density at radius 2 is 1.94 bits per heavy atom. The maximum Gasteiger partial charge on any atom is 0.359 e. The number of hydrogen-bond donors (Lipinski definition) is 1. The van der Waals surface area contributed by atoms with E-state index >= 15 is 0 Å². The molecule has 2 aliphatic heterocycles. The summed E-state index contributed by atoms with van der Waals surface area (Å²) >= 11 is 5.25. The fraction of sp³-hybridized carbons (Fsp3) is 0.0870. The molecule has 0 atom stereocenters. The number of nitro groups is 1. The van der Waals surface area contributed by atoms with Gasteiger partial charge in [0, 0.05) is 18.3 Å². The van der Waals surface area contributed by atoms with Crippen molar-refractivity contribution in [3.63, 3.8) is 0 Å². The summed E-state index contributed by atoms with van der Waals surface area (Å²) in [5.41, 5.74) is 0.228. The van der Waals surface area contributed by atoms with Gasteiger partial charge >= 0.3 is 5.97 Å². The number of esters is 1. The van der Waals surface area contributed by atoms with E-state index in [0.29, 0.717) is 11.3 Å². The third kappa shape index (κ3) is 4.68. The van der Waals surface area contributed by atoms with Crippen molar-refractivity contribution in [1.29, 1.82) is 0 Å². The molecule has 2 aromatic rings. The van der Waals surface area contributed by atoms with E-state index in [2.05, 4.69) is 10.4 Å². The molecule has 1 saturated heterocycles. The van der Waals surface area contributed by atoms with Crippen molar-refractivity contribution in [2.75, 3.05) is 11.6 Å². The van der Waals surface area contributed by atoms with Crippen LogP contribution in [0.4, 0.5) is 11.4 Å². The predicted molar refractivity (Wildman–Crippen MR) is 130 cm³/mol. The molecule has 1 N–H and O–H groups in total. The number of hydrazone groups is 1. The predicted octanol–water partition coefficient (Wildman–Crippen LogP) is 2.50. The monoisotopic (exact) mass is 491 g/mol. The molecule has 4 rings (SSSR count). The highest BCUT2D eigenvalue weighted by molar-refractivity contribution is 7.80. The first kappa shape index (κ1) is 23.4. The van der Waals surface area contributed by atoms with E-state index < -0.39 is 22.7 Å². The molecule has 2 heterocycles. The molecule has 2 aliphatic rings. The highest BCUT2D eigenvalue weighted by Gasteiger charge is 2.39. The van der Waals surface area contributed by atoms with Crippen LogP contribution in [0.5, 0.6) is 0 Å². The minimum absolute atomic E-state index is 0.00262. The number of carbonyl (C=O) groups is 3. The number of amides is 2. The van der Waals surface area contributed by atoms with Crippen molar-refractivity contribution in [3.8, 4) is 0 Å². The topological polar surface area (TPSA) is 134 Å². The molecule has 0 aliphatic carbocycles. The first-order valence-corrected chi connectivity index (χ1v) is 10.7. The Balaban J connectivity index is 1.77. The van der Waals surface area contributed by atoms with E-state index in [1.165, 1.54) is 35.4 Å². The Kier molecular flexibility index (Phi) is 6.46. The number of rotatable bonds is 6. The number of benzene rings is 2. The lowest BCUT2D eigenvalue weighted by Crippen LogP contribution is -2.28. The second-order valence-corrected chi connectivity index (χ2v) is 7.56. The number of para-hydroxylation sites is 1. The number of hydrogen-bond acceptors (Lipinski definition) is 8. The van der Waals surface area contributed by atoms with Crippen molar-refractivity contribution in [1.82, 2.24) is 10.2 Å². The van der Waals surface area contributed by atoms with Gasteiger partial charge in [-0.1, -0.05) is 30.3 Å². The zero-order valence-corrected chi connectivity index (χ0v) is 19.0. The molecule has 1 fully saturated rings. The highest BCUT2D eigenvalue weighted by Crippen LogP contribution is 2.27. The summed E-state index contributed by atoms with van der Waals surface area (Å²) in [5.74, 6) is -2.03. The molecule has 35 heavy (non-hydrogen) atoms. The number of nitrogens with zero attached hydrogens (tertiary/aromatic N) is 4. The fourth-order valence-corrected chi connectivity index (χ4v) is 3.59. The van der Waals surface area contributed by atoms with Gasteiger partial charge in [0.1, 0.15) is 5.70 Å². The van der Waals surface area contributed by atoms with Crippen LogP contribution in [0, 0.1) is 10.1 Å². The van der Waals surface area contributed by atoms with Crippen LogP contribution < -0.4 is 10.3 Å².